The fourth-order valence-electron chi connectivity index (χ4n) is 3.60. The lowest BCUT2D eigenvalue weighted by molar-refractivity contribution is 0.300. The van der Waals surface area contributed by atoms with Crippen LogP contribution in [0.2, 0.25) is 0 Å². The van der Waals surface area contributed by atoms with Gasteiger partial charge in [0.15, 0.2) is 0 Å². The largest absolute Gasteiger partial charge is 0.494 e. The summed E-state index contributed by atoms with van der Waals surface area (Å²) in [5.74, 6) is 2.05. The van der Waals surface area contributed by atoms with Crippen molar-refractivity contribution in [3.05, 3.63) is 47.6 Å². The van der Waals surface area contributed by atoms with Gasteiger partial charge in [0, 0.05) is 24.0 Å². The van der Waals surface area contributed by atoms with E-state index in [4.69, 9.17) is 4.74 Å². The average Bonchev–Trinajstić information content (AvgIpc) is 3.09. The lowest BCUT2D eigenvalue weighted by atomic mass is 10.0. The van der Waals surface area contributed by atoms with E-state index in [2.05, 4.69) is 33.2 Å². The number of thiophene rings is 1. The Labute approximate surface area is 164 Å². The number of anilines is 1. The second kappa shape index (κ2) is 8.67. The zero-order chi connectivity index (χ0) is 18.5. The van der Waals surface area contributed by atoms with E-state index < -0.39 is 0 Å². The Morgan fingerprint density at radius 2 is 2.00 bits per heavy atom. The summed E-state index contributed by atoms with van der Waals surface area (Å²) in [6, 6.07) is 12.8. The number of nitrogens with zero attached hydrogens (tertiary/aromatic N) is 3. The third kappa shape index (κ3) is 4.57. The number of fused-ring (bicyclic) bond motifs is 1. The first-order chi connectivity index (χ1) is 13.3. The Balaban J connectivity index is 1.21. The molecule has 1 aliphatic rings. The molecular weight excluding hydrogens is 356 g/mol. The van der Waals surface area contributed by atoms with Crippen molar-refractivity contribution in [1.82, 2.24) is 15.3 Å². The molecule has 2 aromatic heterocycles. The summed E-state index contributed by atoms with van der Waals surface area (Å²) < 4.78 is 5.75. The molecule has 1 N–H and O–H groups in total. The van der Waals surface area contributed by atoms with Crippen LogP contribution in [0, 0.1) is 6.92 Å². The molecule has 3 aromatic rings. The number of hydrogen-bond donors (Lipinski definition) is 1. The van der Waals surface area contributed by atoms with Crippen LogP contribution in [0.5, 0.6) is 5.75 Å². The fraction of sp³-hybridized carbons (Fsp3) is 0.429. The first kappa shape index (κ1) is 18.2. The number of aryl methyl sites for hydroxylation is 1. The van der Waals surface area contributed by atoms with Crippen molar-refractivity contribution < 1.29 is 4.74 Å². The van der Waals surface area contributed by atoms with Gasteiger partial charge >= 0.3 is 0 Å². The van der Waals surface area contributed by atoms with E-state index in [-0.39, 0.29) is 0 Å². The highest BCUT2D eigenvalue weighted by Gasteiger charge is 2.21. The van der Waals surface area contributed by atoms with Crippen molar-refractivity contribution in [2.24, 2.45) is 0 Å². The van der Waals surface area contributed by atoms with Gasteiger partial charge in [-0.1, -0.05) is 18.2 Å². The van der Waals surface area contributed by atoms with Crippen LogP contribution in [0.3, 0.4) is 0 Å². The van der Waals surface area contributed by atoms with Crippen LogP contribution in [0.1, 0.15) is 24.1 Å². The maximum atomic E-state index is 5.75. The first-order valence-electron chi connectivity index (χ1n) is 9.67. The summed E-state index contributed by atoms with van der Waals surface area (Å²) in [6.07, 6.45) is 5.02. The van der Waals surface area contributed by atoms with Gasteiger partial charge in [0.05, 0.1) is 12.0 Å². The maximum Gasteiger partial charge on any atom is 0.140 e. The minimum Gasteiger partial charge on any atom is -0.494 e. The number of para-hydroxylation sites is 1. The normalized spacial score (nSPS) is 15.4. The lowest BCUT2D eigenvalue weighted by Gasteiger charge is -2.33. The van der Waals surface area contributed by atoms with Crippen LogP contribution >= 0.6 is 11.3 Å². The first-order valence-corrected chi connectivity index (χ1v) is 10.5. The molecule has 0 saturated carbocycles. The molecule has 0 unspecified atom stereocenters. The predicted octanol–water partition coefficient (Wildman–Crippen LogP) is 4.03. The van der Waals surface area contributed by atoms with Crippen molar-refractivity contribution in [2.75, 3.05) is 31.1 Å². The Morgan fingerprint density at radius 1 is 1.19 bits per heavy atom. The zero-order valence-electron chi connectivity index (χ0n) is 15.7. The summed E-state index contributed by atoms with van der Waals surface area (Å²) in [7, 11) is 0. The minimum absolute atomic E-state index is 0.583. The van der Waals surface area contributed by atoms with Gasteiger partial charge in [0.1, 0.15) is 22.7 Å². The second-order valence-electron chi connectivity index (χ2n) is 7.00. The number of rotatable bonds is 7. The van der Waals surface area contributed by atoms with Crippen molar-refractivity contribution in [2.45, 2.75) is 32.2 Å². The molecule has 1 aliphatic heterocycles. The van der Waals surface area contributed by atoms with E-state index in [1.807, 2.05) is 30.3 Å². The van der Waals surface area contributed by atoms with E-state index in [0.717, 1.165) is 61.9 Å². The van der Waals surface area contributed by atoms with Crippen molar-refractivity contribution in [1.29, 1.82) is 0 Å². The molecule has 0 amide bonds. The molecule has 0 atom stereocenters. The van der Waals surface area contributed by atoms with Crippen LogP contribution in [-0.4, -0.2) is 42.3 Å². The van der Waals surface area contributed by atoms with Gasteiger partial charge in [-0.15, -0.1) is 11.3 Å². The van der Waals surface area contributed by atoms with E-state index in [0.29, 0.717) is 6.04 Å². The molecule has 1 aromatic carbocycles. The SMILES string of the molecule is Cc1cc2c(N3CCC(NCCCOc4ccccc4)CC3)ncnc2s1. The van der Waals surface area contributed by atoms with E-state index in [1.54, 1.807) is 17.7 Å². The van der Waals surface area contributed by atoms with Gasteiger partial charge in [0.2, 0.25) is 0 Å². The average molecular weight is 383 g/mol. The maximum absolute atomic E-state index is 5.75. The molecule has 0 spiro atoms. The van der Waals surface area contributed by atoms with Crippen LogP contribution in [-0.2, 0) is 0 Å². The number of aromatic nitrogens is 2. The Bertz CT molecular complexity index is 859. The highest BCUT2D eigenvalue weighted by atomic mass is 32.1. The molecule has 1 saturated heterocycles. The van der Waals surface area contributed by atoms with Gasteiger partial charge in [-0.2, -0.15) is 0 Å². The minimum atomic E-state index is 0.583. The van der Waals surface area contributed by atoms with Gasteiger partial charge in [-0.3, -0.25) is 0 Å². The summed E-state index contributed by atoms with van der Waals surface area (Å²) in [5, 5.41) is 4.88. The monoisotopic (exact) mass is 382 g/mol. The zero-order valence-corrected chi connectivity index (χ0v) is 16.5. The van der Waals surface area contributed by atoms with Crippen LogP contribution in [0.15, 0.2) is 42.7 Å². The molecule has 5 nitrogen and oxygen atoms in total. The van der Waals surface area contributed by atoms with Gasteiger partial charge in [0.25, 0.3) is 0 Å². The number of nitrogens with one attached hydrogen (secondary N) is 1. The number of benzene rings is 1. The molecule has 0 bridgehead atoms. The Morgan fingerprint density at radius 3 is 2.81 bits per heavy atom. The molecule has 142 valence electrons. The van der Waals surface area contributed by atoms with Gasteiger partial charge in [-0.25, -0.2) is 9.97 Å². The summed E-state index contributed by atoms with van der Waals surface area (Å²) in [5.41, 5.74) is 0. The van der Waals surface area contributed by atoms with Crippen LogP contribution in [0.4, 0.5) is 5.82 Å². The van der Waals surface area contributed by atoms with Crippen molar-refractivity contribution in [3.8, 4) is 5.75 Å². The highest BCUT2D eigenvalue weighted by molar-refractivity contribution is 7.18. The van der Waals surface area contributed by atoms with Crippen molar-refractivity contribution in [3.63, 3.8) is 0 Å². The third-order valence-corrected chi connectivity index (χ3v) is 5.95. The third-order valence-electron chi connectivity index (χ3n) is 4.99. The molecule has 4 rings (SSSR count). The lowest BCUT2D eigenvalue weighted by Crippen LogP contribution is -2.43. The molecule has 6 heteroatoms. The van der Waals surface area contributed by atoms with Crippen LogP contribution < -0.4 is 15.0 Å². The number of hydrogen-bond acceptors (Lipinski definition) is 6. The van der Waals surface area contributed by atoms with Crippen LogP contribution in [0.25, 0.3) is 10.2 Å². The van der Waals surface area contributed by atoms with E-state index in [1.165, 1.54) is 10.3 Å². The second-order valence-corrected chi connectivity index (χ2v) is 8.24. The number of piperidine rings is 1. The summed E-state index contributed by atoms with van der Waals surface area (Å²) >= 11 is 1.74. The highest BCUT2D eigenvalue weighted by Crippen LogP contribution is 2.31. The van der Waals surface area contributed by atoms with Gasteiger partial charge in [-0.05, 0) is 50.9 Å². The van der Waals surface area contributed by atoms with Crippen molar-refractivity contribution >= 4 is 27.4 Å². The molecule has 0 aliphatic carbocycles. The standard InChI is InChI=1S/C21H26N4OS/c1-16-14-19-20(23-15-24-21(19)27-16)25-11-8-17(9-12-25)22-10-5-13-26-18-6-3-2-4-7-18/h2-4,6-7,14-15,17,22H,5,8-13H2,1H3. The quantitative estimate of drug-likeness (QED) is 0.625. The topological polar surface area (TPSA) is 50.3 Å². The fourth-order valence-corrected chi connectivity index (χ4v) is 4.44. The molecular formula is C21H26N4OS. The van der Waals surface area contributed by atoms with E-state index in [9.17, 15) is 0 Å². The number of ether oxygens (including phenoxy) is 1. The summed E-state index contributed by atoms with van der Waals surface area (Å²) in [4.78, 5) is 13.8. The predicted molar refractivity (Wildman–Crippen MR) is 112 cm³/mol. The van der Waals surface area contributed by atoms with Gasteiger partial charge < -0.3 is 15.0 Å². The van der Waals surface area contributed by atoms with E-state index >= 15 is 0 Å². The molecule has 1 fully saturated rings. The molecule has 27 heavy (non-hydrogen) atoms. The Hall–Kier alpha value is -2.18. The smallest absolute Gasteiger partial charge is 0.140 e. The Kier molecular flexibility index (Phi) is 5.84. The molecule has 0 radical (unpaired) electrons. The summed E-state index contributed by atoms with van der Waals surface area (Å²) in [6.45, 7) is 5.97. The molecule has 3 heterocycles.